The van der Waals surface area contributed by atoms with Crippen LogP contribution in [0.15, 0.2) is 0 Å². The summed E-state index contributed by atoms with van der Waals surface area (Å²) in [6, 6.07) is 0. The Morgan fingerprint density at radius 2 is 1.92 bits per heavy atom. The molecule has 0 radical (unpaired) electrons. The molecular formula is C9H22N2O2. The molecule has 0 heterocycles. The van der Waals surface area contributed by atoms with Gasteiger partial charge in [-0.2, -0.15) is 0 Å². The molecule has 0 unspecified atom stereocenters. The van der Waals surface area contributed by atoms with Crippen LogP contribution in [-0.2, 0) is 9.63 Å². The van der Waals surface area contributed by atoms with E-state index < -0.39 is 0 Å². The van der Waals surface area contributed by atoms with Gasteiger partial charge < -0.3 is 10.2 Å². The third-order valence-electron chi connectivity index (χ3n) is 1.44. The van der Waals surface area contributed by atoms with Gasteiger partial charge in [-0.15, -0.1) is 0 Å². The zero-order valence-electron chi connectivity index (χ0n) is 8.93. The number of amides is 1. The third-order valence-corrected chi connectivity index (χ3v) is 1.44. The van der Waals surface area contributed by atoms with Gasteiger partial charge in [-0.25, -0.2) is 5.90 Å². The SMILES string of the molecule is CC.CNC(=O)CCCCCON. The van der Waals surface area contributed by atoms with Crippen molar-refractivity contribution in [2.75, 3.05) is 13.7 Å². The lowest BCUT2D eigenvalue weighted by molar-refractivity contribution is -0.120. The smallest absolute Gasteiger partial charge is 0.219 e. The van der Waals surface area contributed by atoms with E-state index in [1.165, 1.54) is 0 Å². The average Bonchev–Trinajstić information content (AvgIpc) is 2.20. The van der Waals surface area contributed by atoms with Crippen LogP contribution in [-0.4, -0.2) is 19.6 Å². The molecule has 0 rings (SSSR count). The first-order valence-corrected chi connectivity index (χ1v) is 4.83. The molecule has 4 heteroatoms. The van der Waals surface area contributed by atoms with Gasteiger partial charge in [0.2, 0.25) is 5.91 Å². The minimum absolute atomic E-state index is 0.0960. The summed E-state index contributed by atoms with van der Waals surface area (Å²) < 4.78 is 0. The highest BCUT2D eigenvalue weighted by atomic mass is 16.6. The molecule has 0 aromatic heterocycles. The zero-order valence-corrected chi connectivity index (χ0v) is 8.93. The second-order valence-electron chi connectivity index (χ2n) is 2.35. The van der Waals surface area contributed by atoms with Crippen molar-refractivity contribution >= 4 is 5.91 Å². The summed E-state index contributed by atoms with van der Waals surface area (Å²) >= 11 is 0. The zero-order chi connectivity index (χ0) is 10.5. The first-order valence-electron chi connectivity index (χ1n) is 4.83. The standard InChI is InChI=1S/C7H16N2O2.C2H6/c1-9-7(10)5-3-2-4-6-11-8;1-2/h2-6,8H2,1H3,(H,9,10);1-2H3. The highest BCUT2D eigenvalue weighted by Gasteiger charge is 1.96. The fraction of sp³-hybridized carbons (Fsp3) is 0.889. The van der Waals surface area contributed by atoms with Gasteiger partial charge in [0.1, 0.15) is 0 Å². The number of nitrogens with one attached hydrogen (secondary N) is 1. The van der Waals surface area contributed by atoms with Crippen molar-refractivity contribution in [3.63, 3.8) is 0 Å². The van der Waals surface area contributed by atoms with E-state index in [0.717, 1.165) is 19.3 Å². The van der Waals surface area contributed by atoms with Gasteiger partial charge in [0.15, 0.2) is 0 Å². The Kier molecular flexibility index (Phi) is 16.0. The van der Waals surface area contributed by atoms with Crippen LogP contribution < -0.4 is 11.2 Å². The Morgan fingerprint density at radius 3 is 2.38 bits per heavy atom. The lowest BCUT2D eigenvalue weighted by Crippen LogP contribution is -2.16. The van der Waals surface area contributed by atoms with E-state index in [9.17, 15) is 4.79 Å². The van der Waals surface area contributed by atoms with Crippen molar-refractivity contribution in [2.45, 2.75) is 39.5 Å². The molecule has 0 bridgehead atoms. The number of carbonyl (C=O) groups is 1. The highest BCUT2D eigenvalue weighted by Crippen LogP contribution is 1.98. The number of carbonyl (C=O) groups excluding carboxylic acids is 1. The van der Waals surface area contributed by atoms with Crippen molar-refractivity contribution in [3.8, 4) is 0 Å². The summed E-state index contributed by atoms with van der Waals surface area (Å²) in [7, 11) is 1.64. The second-order valence-corrected chi connectivity index (χ2v) is 2.35. The fourth-order valence-electron chi connectivity index (χ4n) is 0.773. The fourth-order valence-corrected chi connectivity index (χ4v) is 0.773. The Hall–Kier alpha value is -0.610. The molecule has 80 valence electrons. The predicted molar refractivity (Wildman–Crippen MR) is 54.0 cm³/mol. The van der Waals surface area contributed by atoms with E-state index in [4.69, 9.17) is 5.90 Å². The Balaban J connectivity index is 0. The summed E-state index contributed by atoms with van der Waals surface area (Å²) in [5.74, 6) is 4.91. The van der Waals surface area contributed by atoms with E-state index in [0.29, 0.717) is 13.0 Å². The number of hydrogen-bond donors (Lipinski definition) is 2. The van der Waals surface area contributed by atoms with Crippen LogP contribution in [0.4, 0.5) is 0 Å². The molecule has 0 aliphatic rings. The molecule has 0 aromatic rings. The number of nitrogens with two attached hydrogens (primary N) is 1. The van der Waals surface area contributed by atoms with E-state index in [1.807, 2.05) is 13.8 Å². The summed E-state index contributed by atoms with van der Waals surface area (Å²) in [5, 5.41) is 2.56. The minimum Gasteiger partial charge on any atom is -0.359 e. The van der Waals surface area contributed by atoms with Crippen LogP contribution in [0, 0.1) is 0 Å². The maximum absolute atomic E-state index is 10.7. The molecule has 0 spiro atoms. The van der Waals surface area contributed by atoms with Gasteiger partial charge in [-0.1, -0.05) is 20.3 Å². The average molecular weight is 190 g/mol. The van der Waals surface area contributed by atoms with Crippen molar-refractivity contribution < 1.29 is 9.63 Å². The van der Waals surface area contributed by atoms with Crippen molar-refractivity contribution in [3.05, 3.63) is 0 Å². The molecular weight excluding hydrogens is 168 g/mol. The molecule has 1 amide bonds. The van der Waals surface area contributed by atoms with Gasteiger partial charge in [0.25, 0.3) is 0 Å². The molecule has 0 aliphatic carbocycles. The molecule has 4 nitrogen and oxygen atoms in total. The molecule has 0 saturated carbocycles. The normalized spacial score (nSPS) is 8.62. The van der Waals surface area contributed by atoms with Gasteiger partial charge >= 0.3 is 0 Å². The lowest BCUT2D eigenvalue weighted by Gasteiger charge is -1.99. The molecule has 0 aliphatic heterocycles. The van der Waals surface area contributed by atoms with Crippen LogP contribution in [0.25, 0.3) is 0 Å². The third kappa shape index (κ3) is 14.3. The summed E-state index contributed by atoms with van der Waals surface area (Å²) in [5.41, 5.74) is 0. The summed E-state index contributed by atoms with van der Waals surface area (Å²) in [6.07, 6.45) is 3.42. The molecule has 0 aromatic carbocycles. The van der Waals surface area contributed by atoms with Crippen molar-refractivity contribution in [1.82, 2.24) is 5.32 Å². The minimum atomic E-state index is 0.0960. The molecule has 0 atom stereocenters. The molecule has 0 fully saturated rings. The maximum atomic E-state index is 10.7. The van der Waals surface area contributed by atoms with E-state index in [1.54, 1.807) is 7.05 Å². The highest BCUT2D eigenvalue weighted by molar-refractivity contribution is 5.75. The van der Waals surface area contributed by atoms with Gasteiger partial charge in [0.05, 0.1) is 6.61 Å². The van der Waals surface area contributed by atoms with Crippen molar-refractivity contribution in [2.24, 2.45) is 5.90 Å². The van der Waals surface area contributed by atoms with E-state index in [-0.39, 0.29) is 5.91 Å². The largest absolute Gasteiger partial charge is 0.359 e. The van der Waals surface area contributed by atoms with Crippen LogP contribution in [0.2, 0.25) is 0 Å². The van der Waals surface area contributed by atoms with Crippen LogP contribution in [0.1, 0.15) is 39.5 Å². The summed E-state index contributed by atoms with van der Waals surface area (Å²) in [4.78, 5) is 15.1. The monoisotopic (exact) mass is 190 g/mol. The number of hydrogen-bond acceptors (Lipinski definition) is 3. The maximum Gasteiger partial charge on any atom is 0.219 e. The first-order chi connectivity index (χ1) is 6.31. The number of unbranched alkanes of at least 4 members (excludes halogenated alkanes) is 2. The van der Waals surface area contributed by atoms with E-state index >= 15 is 0 Å². The van der Waals surface area contributed by atoms with Gasteiger partial charge in [-0.05, 0) is 12.8 Å². The quantitative estimate of drug-likeness (QED) is 0.489. The second kappa shape index (κ2) is 13.9. The summed E-state index contributed by atoms with van der Waals surface area (Å²) in [6.45, 7) is 4.58. The Morgan fingerprint density at radius 1 is 1.31 bits per heavy atom. The van der Waals surface area contributed by atoms with Crippen molar-refractivity contribution in [1.29, 1.82) is 0 Å². The topological polar surface area (TPSA) is 64.3 Å². The Labute approximate surface area is 80.8 Å². The molecule has 3 N–H and O–H groups in total. The van der Waals surface area contributed by atoms with Crippen LogP contribution in [0.3, 0.4) is 0 Å². The first kappa shape index (κ1) is 14.9. The van der Waals surface area contributed by atoms with E-state index in [2.05, 4.69) is 10.2 Å². The predicted octanol–water partition coefficient (Wildman–Crippen LogP) is 1.21. The Bertz CT molecular complexity index is 108. The van der Waals surface area contributed by atoms with Gasteiger partial charge in [0, 0.05) is 13.5 Å². The van der Waals surface area contributed by atoms with Crippen LogP contribution in [0.5, 0.6) is 0 Å². The molecule has 13 heavy (non-hydrogen) atoms. The van der Waals surface area contributed by atoms with Crippen LogP contribution >= 0.6 is 0 Å². The number of rotatable bonds is 6. The molecule has 0 saturated heterocycles. The lowest BCUT2D eigenvalue weighted by atomic mass is 10.2. The van der Waals surface area contributed by atoms with Gasteiger partial charge in [-0.3, -0.25) is 4.79 Å².